The van der Waals surface area contributed by atoms with Crippen LogP contribution in [0, 0.1) is 0 Å². The first-order chi connectivity index (χ1) is 17.0. The highest BCUT2D eigenvalue weighted by molar-refractivity contribution is 7.80. The Hall–Kier alpha value is -2.38. The van der Waals surface area contributed by atoms with Crippen molar-refractivity contribution >= 4 is 58.4 Å². The van der Waals surface area contributed by atoms with Crippen molar-refractivity contribution in [1.82, 2.24) is 14.7 Å². The number of rotatable bonds is 13. The number of aliphatic carboxylic acids is 3. The van der Waals surface area contributed by atoms with Crippen molar-refractivity contribution in [2.45, 2.75) is 38.3 Å². The van der Waals surface area contributed by atoms with Crippen LogP contribution in [0.15, 0.2) is 18.2 Å². The Bertz CT molecular complexity index is 897. The molecular formula is C23H35Cl2N3O8S. The van der Waals surface area contributed by atoms with Gasteiger partial charge in [-0.15, -0.1) is 0 Å². The van der Waals surface area contributed by atoms with Crippen LogP contribution in [0.3, 0.4) is 0 Å². The van der Waals surface area contributed by atoms with Crippen LogP contribution in [0.4, 0.5) is 0 Å². The summed E-state index contributed by atoms with van der Waals surface area (Å²) in [5, 5.41) is 35.8. The third-order valence-corrected chi connectivity index (χ3v) is 5.78. The molecule has 4 N–H and O–H groups in total. The fraction of sp³-hybridized carbons (Fsp3) is 0.565. The highest BCUT2D eigenvalue weighted by atomic mass is 35.5. The van der Waals surface area contributed by atoms with Gasteiger partial charge < -0.3 is 39.9 Å². The Morgan fingerprint density at radius 3 is 1.81 bits per heavy atom. The number of ether oxygens (including phenoxy) is 1. The van der Waals surface area contributed by atoms with Gasteiger partial charge in [0.1, 0.15) is 12.4 Å². The van der Waals surface area contributed by atoms with E-state index >= 15 is 0 Å². The molecule has 0 atom stereocenters. The summed E-state index contributed by atoms with van der Waals surface area (Å²) in [6.45, 7) is 7.31. The zero-order valence-corrected chi connectivity index (χ0v) is 23.8. The summed E-state index contributed by atoms with van der Waals surface area (Å²) < 4.78 is 5.78. The van der Waals surface area contributed by atoms with E-state index in [-0.39, 0.29) is 0 Å². The maximum absolute atomic E-state index is 10.3. The molecule has 11 nitrogen and oxygen atoms in total. The highest BCUT2D eigenvalue weighted by Gasteiger charge is 2.40. The second-order valence-corrected chi connectivity index (χ2v) is 9.96. The van der Waals surface area contributed by atoms with Gasteiger partial charge in [-0.05, 0) is 58.4 Å². The Kier molecular flexibility index (Phi) is 15.4. The molecule has 0 saturated heterocycles. The van der Waals surface area contributed by atoms with E-state index in [1.54, 1.807) is 18.2 Å². The van der Waals surface area contributed by atoms with Crippen LogP contribution in [0.2, 0.25) is 10.0 Å². The first kappa shape index (κ1) is 34.6. The van der Waals surface area contributed by atoms with Gasteiger partial charge in [0, 0.05) is 36.2 Å². The van der Waals surface area contributed by atoms with E-state index in [1.807, 2.05) is 7.05 Å². The number of nitrogens with zero attached hydrogens (tertiary/aromatic N) is 3. The van der Waals surface area contributed by atoms with Gasteiger partial charge in [0.25, 0.3) is 0 Å². The lowest BCUT2D eigenvalue weighted by Gasteiger charge is -2.34. The quantitative estimate of drug-likeness (QED) is 0.252. The van der Waals surface area contributed by atoms with E-state index in [0.717, 1.165) is 18.2 Å². The Balaban J connectivity index is 0.000000845. The Morgan fingerprint density at radius 2 is 1.43 bits per heavy atom. The van der Waals surface area contributed by atoms with Crippen molar-refractivity contribution in [2.24, 2.45) is 0 Å². The molecule has 0 fully saturated rings. The standard InChI is InChI=1S/C17H27Cl2N3OS.C6H8O7/c1-13(2)22(17(24)21(5)7-6-20(3)4)8-9-23-16-11-14(18)10-15(19)12-16;7-3(8)1-6(13,5(11)12)2-4(9)10/h10-13H,6-9H2,1-5H3;13H,1-2H2,(H,7,8)(H,9,10)(H,11,12). The molecule has 0 aliphatic rings. The first-order valence-corrected chi connectivity index (χ1v) is 12.3. The number of carboxylic acid groups (broad SMARTS) is 3. The summed E-state index contributed by atoms with van der Waals surface area (Å²) in [6.07, 6.45) is -2.29. The maximum Gasteiger partial charge on any atom is 0.336 e. The van der Waals surface area contributed by atoms with E-state index in [0.29, 0.717) is 35.0 Å². The largest absolute Gasteiger partial charge is 0.492 e. The molecule has 0 saturated carbocycles. The lowest BCUT2D eigenvalue weighted by atomic mass is 9.96. The molecule has 0 radical (unpaired) electrons. The second kappa shape index (κ2) is 16.5. The Morgan fingerprint density at radius 1 is 0.946 bits per heavy atom. The molecule has 1 aromatic carbocycles. The van der Waals surface area contributed by atoms with Gasteiger partial charge in [-0.2, -0.15) is 0 Å². The molecular weight excluding hydrogens is 549 g/mol. The number of aliphatic hydroxyl groups is 1. The summed E-state index contributed by atoms with van der Waals surface area (Å²) in [7, 11) is 6.14. The third kappa shape index (κ3) is 14.2. The summed E-state index contributed by atoms with van der Waals surface area (Å²) in [4.78, 5) is 36.9. The van der Waals surface area contributed by atoms with Crippen LogP contribution in [0.5, 0.6) is 5.75 Å². The molecule has 0 unspecified atom stereocenters. The molecule has 0 aliphatic heterocycles. The summed E-state index contributed by atoms with van der Waals surface area (Å²) in [5.41, 5.74) is -2.74. The number of thiocarbonyl (C=S) groups is 1. The lowest BCUT2D eigenvalue weighted by molar-refractivity contribution is -0.170. The minimum absolute atomic E-state index is 0.297. The molecule has 1 aromatic rings. The van der Waals surface area contributed by atoms with Crippen LogP contribution in [0.1, 0.15) is 26.7 Å². The number of hydrogen-bond donors (Lipinski definition) is 4. The van der Waals surface area contributed by atoms with Crippen LogP contribution >= 0.6 is 35.4 Å². The normalized spacial score (nSPS) is 11.0. The van der Waals surface area contributed by atoms with E-state index in [2.05, 4.69) is 42.6 Å². The molecule has 0 amide bonds. The molecule has 0 aromatic heterocycles. The number of halogens is 2. The number of carboxylic acids is 3. The van der Waals surface area contributed by atoms with Gasteiger partial charge in [-0.25, -0.2) is 4.79 Å². The van der Waals surface area contributed by atoms with Crippen LogP contribution < -0.4 is 4.74 Å². The van der Waals surface area contributed by atoms with E-state index in [9.17, 15) is 14.4 Å². The first-order valence-electron chi connectivity index (χ1n) is 11.1. The number of benzene rings is 1. The van der Waals surface area contributed by atoms with Crippen molar-refractivity contribution in [3.8, 4) is 5.75 Å². The van der Waals surface area contributed by atoms with Gasteiger partial charge in [-0.3, -0.25) is 9.59 Å². The monoisotopic (exact) mass is 583 g/mol. The molecule has 0 aliphatic carbocycles. The molecule has 0 bridgehead atoms. The SMILES string of the molecule is CC(C)N(CCOc1cc(Cl)cc(Cl)c1)C(=S)N(C)CCN(C)C.O=C(O)CC(O)(CC(=O)O)C(=O)O. The number of likely N-dealkylation sites (N-methyl/N-ethyl adjacent to an activating group) is 2. The third-order valence-electron chi connectivity index (χ3n) is 4.80. The van der Waals surface area contributed by atoms with Crippen LogP contribution in [-0.2, 0) is 14.4 Å². The molecule has 1 rings (SSSR count). The number of hydrogen-bond acceptors (Lipinski definition) is 7. The molecule has 0 spiro atoms. The van der Waals surface area contributed by atoms with Crippen molar-refractivity contribution < 1.29 is 39.5 Å². The van der Waals surface area contributed by atoms with Gasteiger partial charge >= 0.3 is 17.9 Å². The van der Waals surface area contributed by atoms with Crippen LogP contribution in [0.25, 0.3) is 0 Å². The van der Waals surface area contributed by atoms with Gasteiger partial charge in [0.2, 0.25) is 0 Å². The summed E-state index contributed by atoms with van der Waals surface area (Å²) in [6, 6.07) is 5.50. The Labute approximate surface area is 232 Å². The molecule has 14 heteroatoms. The van der Waals surface area contributed by atoms with Gasteiger partial charge in [0.05, 0.1) is 19.4 Å². The smallest absolute Gasteiger partial charge is 0.336 e. The van der Waals surface area contributed by atoms with Crippen molar-refractivity contribution in [3.63, 3.8) is 0 Å². The fourth-order valence-electron chi connectivity index (χ4n) is 2.83. The highest BCUT2D eigenvalue weighted by Crippen LogP contribution is 2.24. The van der Waals surface area contributed by atoms with E-state index in [4.69, 9.17) is 60.6 Å². The predicted molar refractivity (Wildman–Crippen MR) is 145 cm³/mol. The molecule has 37 heavy (non-hydrogen) atoms. The van der Waals surface area contributed by atoms with Crippen molar-refractivity contribution in [1.29, 1.82) is 0 Å². The van der Waals surface area contributed by atoms with Crippen molar-refractivity contribution in [2.75, 3.05) is 47.4 Å². The predicted octanol–water partition coefficient (Wildman–Crippen LogP) is 2.61. The second-order valence-electron chi connectivity index (χ2n) is 8.73. The van der Waals surface area contributed by atoms with Crippen LogP contribution in [-0.4, -0.2) is 117 Å². The molecule has 0 heterocycles. The zero-order chi connectivity index (χ0) is 28.9. The minimum atomic E-state index is -2.74. The minimum Gasteiger partial charge on any atom is -0.492 e. The van der Waals surface area contributed by atoms with E-state index in [1.165, 1.54) is 0 Å². The number of carbonyl (C=O) groups is 3. The average molecular weight is 585 g/mol. The van der Waals surface area contributed by atoms with Crippen molar-refractivity contribution in [3.05, 3.63) is 28.2 Å². The van der Waals surface area contributed by atoms with Gasteiger partial charge in [0.15, 0.2) is 10.7 Å². The summed E-state index contributed by atoms with van der Waals surface area (Å²) >= 11 is 17.6. The summed E-state index contributed by atoms with van der Waals surface area (Å²) in [5.74, 6) is -4.35. The topological polar surface area (TPSA) is 151 Å². The average Bonchev–Trinajstić information content (AvgIpc) is 2.72. The molecule has 210 valence electrons. The zero-order valence-electron chi connectivity index (χ0n) is 21.5. The lowest BCUT2D eigenvalue weighted by Crippen LogP contribution is -2.47. The maximum atomic E-state index is 10.3. The fourth-order valence-corrected chi connectivity index (χ4v) is 3.73. The van der Waals surface area contributed by atoms with Gasteiger partial charge in [-0.1, -0.05) is 23.2 Å². The van der Waals surface area contributed by atoms with E-state index < -0.39 is 36.4 Å².